The molecule has 0 saturated heterocycles. The summed E-state index contributed by atoms with van der Waals surface area (Å²) in [5, 5.41) is 13.6. The molecule has 0 aliphatic rings. The van der Waals surface area contributed by atoms with Crippen molar-refractivity contribution in [3.63, 3.8) is 0 Å². The molecule has 5 nitrogen and oxygen atoms in total. The minimum Gasteiger partial charge on any atom is -0.368 e. The molecule has 1 heterocycles. The van der Waals surface area contributed by atoms with E-state index < -0.39 is 0 Å². The fourth-order valence-electron chi connectivity index (χ4n) is 1.08. The van der Waals surface area contributed by atoms with Crippen LogP contribution in [0.3, 0.4) is 0 Å². The molecule has 15 heavy (non-hydrogen) atoms. The summed E-state index contributed by atoms with van der Waals surface area (Å²) in [6.07, 6.45) is 0.448. The highest BCUT2D eigenvalue weighted by atomic mass is 16.1. The third-order valence-corrected chi connectivity index (χ3v) is 1.83. The Hall–Kier alpha value is -1.65. The average molecular weight is 208 g/mol. The largest absolute Gasteiger partial charge is 0.368 e. The number of nitrogens with one attached hydrogen (secondary N) is 2. The lowest BCUT2D eigenvalue weighted by Crippen LogP contribution is -2.24. The third kappa shape index (κ3) is 4.39. The predicted molar refractivity (Wildman–Crippen MR) is 58.6 cm³/mol. The number of aryl methyl sites for hydroxylation is 1. The van der Waals surface area contributed by atoms with Gasteiger partial charge in [-0.1, -0.05) is 0 Å². The second kappa shape index (κ2) is 5.95. The van der Waals surface area contributed by atoms with Gasteiger partial charge >= 0.3 is 0 Å². The number of anilines is 1. The van der Waals surface area contributed by atoms with Crippen molar-refractivity contribution in [3.05, 3.63) is 17.8 Å². The number of hydrogen-bond donors (Lipinski definition) is 2. The van der Waals surface area contributed by atoms with E-state index in [1.807, 2.05) is 26.0 Å². The molecule has 1 amide bonds. The average Bonchev–Trinajstić information content (AvgIpc) is 2.21. The Morgan fingerprint density at radius 2 is 2.20 bits per heavy atom. The van der Waals surface area contributed by atoms with Gasteiger partial charge in [0.25, 0.3) is 0 Å². The molecule has 0 saturated carbocycles. The van der Waals surface area contributed by atoms with Crippen LogP contribution >= 0.6 is 0 Å². The summed E-state index contributed by atoms with van der Waals surface area (Å²) >= 11 is 0. The fraction of sp³-hybridized carbons (Fsp3) is 0.500. The number of amides is 1. The highest BCUT2D eigenvalue weighted by molar-refractivity contribution is 5.76. The van der Waals surface area contributed by atoms with Crippen molar-refractivity contribution in [2.45, 2.75) is 20.3 Å². The molecule has 5 heteroatoms. The summed E-state index contributed by atoms with van der Waals surface area (Å²) in [5.74, 6) is 0.745. The van der Waals surface area contributed by atoms with Gasteiger partial charge in [-0.3, -0.25) is 4.79 Å². The van der Waals surface area contributed by atoms with E-state index in [1.165, 1.54) is 0 Å². The Labute approximate surface area is 89.3 Å². The van der Waals surface area contributed by atoms with Crippen molar-refractivity contribution in [2.75, 3.05) is 18.4 Å². The molecule has 1 aromatic rings. The molecule has 1 aromatic heterocycles. The first-order valence-corrected chi connectivity index (χ1v) is 5.03. The molecular weight excluding hydrogens is 192 g/mol. The molecule has 82 valence electrons. The molecule has 0 bridgehead atoms. The number of nitrogens with zero attached hydrogens (tertiary/aromatic N) is 2. The van der Waals surface area contributed by atoms with Crippen LogP contribution in [0.25, 0.3) is 0 Å². The Morgan fingerprint density at radius 1 is 1.40 bits per heavy atom. The molecule has 0 atom stereocenters. The summed E-state index contributed by atoms with van der Waals surface area (Å²) in [6, 6.07) is 3.72. The van der Waals surface area contributed by atoms with E-state index in [0.717, 1.165) is 5.69 Å². The van der Waals surface area contributed by atoms with E-state index in [-0.39, 0.29) is 5.91 Å². The summed E-state index contributed by atoms with van der Waals surface area (Å²) < 4.78 is 0. The van der Waals surface area contributed by atoms with Crippen molar-refractivity contribution in [1.29, 1.82) is 0 Å². The smallest absolute Gasteiger partial charge is 0.221 e. The van der Waals surface area contributed by atoms with Crippen molar-refractivity contribution in [3.8, 4) is 0 Å². The zero-order valence-electron chi connectivity index (χ0n) is 9.08. The van der Waals surface area contributed by atoms with Crippen LogP contribution < -0.4 is 10.6 Å². The number of carbonyl (C=O) groups excluding carboxylic acids is 1. The van der Waals surface area contributed by atoms with Crippen LogP contribution in [0.1, 0.15) is 19.0 Å². The topological polar surface area (TPSA) is 66.9 Å². The Kier molecular flexibility index (Phi) is 4.53. The Bertz CT molecular complexity index is 310. The second-order valence-corrected chi connectivity index (χ2v) is 3.19. The molecule has 0 aliphatic heterocycles. The SMILES string of the molecule is CCNC(=O)CCNc1ccc(C)nn1. The molecule has 0 aliphatic carbocycles. The number of carbonyl (C=O) groups is 1. The summed E-state index contributed by atoms with van der Waals surface area (Å²) in [6.45, 7) is 5.02. The third-order valence-electron chi connectivity index (χ3n) is 1.83. The lowest BCUT2D eigenvalue weighted by atomic mass is 10.3. The van der Waals surface area contributed by atoms with E-state index in [1.54, 1.807) is 0 Å². The number of aromatic nitrogens is 2. The normalized spacial score (nSPS) is 9.73. The van der Waals surface area contributed by atoms with Crippen LogP contribution in [0.5, 0.6) is 0 Å². The van der Waals surface area contributed by atoms with Crippen molar-refractivity contribution >= 4 is 11.7 Å². The van der Waals surface area contributed by atoms with E-state index in [4.69, 9.17) is 0 Å². The molecule has 0 spiro atoms. The van der Waals surface area contributed by atoms with Crippen LogP contribution in [0.4, 0.5) is 5.82 Å². The van der Waals surface area contributed by atoms with Gasteiger partial charge in [-0.2, -0.15) is 5.10 Å². The minimum absolute atomic E-state index is 0.0464. The van der Waals surface area contributed by atoms with Gasteiger partial charge in [0, 0.05) is 19.5 Å². The molecule has 0 aromatic carbocycles. The lowest BCUT2D eigenvalue weighted by Gasteiger charge is -2.04. The van der Waals surface area contributed by atoms with E-state index >= 15 is 0 Å². The molecule has 0 unspecified atom stereocenters. The zero-order valence-corrected chi connectivity index (χ0v) is 9.08. The van der Waals surface area contributed by atoms with Gasteiger partial charge in [0.15, 0.2) is 0 Å². The monoisotopic (exact) mass is 208 g/mol. The molecular formula is C10H16N4O. The summed E-state index contributed by atoms with van der Waals surface area (Å²) in [7, 11) is 0. The first-order valence-electron chi connectivity index (χ1n) is 5.03. The van der Waals surface area contributed by atoms with Crippen LogP contribution in [-0.2, 0) is 4.79 Å². The second-order valence-electron chi connectivity index (χ2n) is 3.19. The molecule has 0 radical (unpaired) electrons. The first kappa shape index (κ1) is 11.4. The summed E-state index contributed by atoms with van der Waals surface area (Å²) in [5.41, 5.74) is 0.879. The van der Waals surface area contributed by atoms with Gasteiger partial charge < -0.3 is 10.6 Å². The van der Waals surface area contributed by atoms with Gasteiger partial charge in [0.05, 0.1) is 5.69 Å². The maximum Gasteiger partial charge on any atom is 0.221 e. The van der Waals surface area contributed by atoms with Gasteiger partial charge in [-0.25, -0.2) is 0 Å². The Morgan fingerprint density at radius 3 is 2.80 bits per heavy atom. The van der Waals surface area contributed by atoms with Crippen molar-refractivity contribution < 1.29 is 4.79 Å². The Balaban J connectivity index is 2.26. The predicted octanol–water partition coefficient (Wildman–Crippen LogP) is 0.723. The highest BCUT2D eigenvalue weighted by Gasteiger charge is 1.99. The van der Waals surface area contributed by atoms with Crippen LogP contribution in [0.15, 0.2) is 12.1 Å². The van der Waals surface area contributed by atoms with Crippen LogP contribution in [0, 0.1) is 6.92 Å². The molecule has 0 fully saturated rings. The molecule has 1 rings (SSSR count). The van der Waals surface area contributed by atoms with E-state index in [9.17, 15) is 4.79 Å². The van der Waals surface area contributed by atoms with Crippen molar-refractivity contribution in [1.82, 2.24) is 15.5 Å². The van der Waals surface area contributed by atoms with Gasteiger partial charge in [0.1, 0.15) is 5.82 Å². The fourth-order valence-corrected chi connectivity index (χ4v) is 1.08. The van der Waals surface area contributed by atoms with Crippen LogP contribution in [0.2, 0.25) is 0 Å². The van der Waals surface area contributed by atoms with Crippen LogP contribution in [-0.4, -0.2) is 29.2 Å². The highest BCUT2D eigenvalue weighted by Crippen LogP contribution is 2.00. The zero-order chi connectivity index (χ0) is 11.1. The standard InChI is InChI=1S/C10H16N4O/c1-3-11-10(15)6-7-12-9-5-4-8(2)13-14-9/h4-5H,3,6-7H2,1-2H3,(H,11,15)(H,12,14). The van der Waals surface area contributed by atoms with E-state index in [0.29, 0.717) is 25.3 Å². The minimum atomic E-state index is 0.0464. The summed E-state index contributed by atoms with van der Waals surface area (Å²) in [4.78, 5) is 11.1. The number of rotatable bonds is 5. The number of hydrogen-bond acceptors (Lipinski definition) is 4. The quantitative estimate of drug-likeness (QED) is 0.748. The van der Waals surface area contributed by atoms with E-state index in [2.05, 4.69) is 20.8 Å². The van der Waals surface area contributed by atoms with Gasteiger partial charge in [-0.05, 0) is 26.0 Å². The molecule has 2 N–H and O–H groups in total. The maximum atomic E-state index is 11.1. The maximum absolute atomic E-state index is 11.1. The first-order chi connectivity index (χ1) is 7.22. The van der Waals surface area contributed by atoms with Gasteiger partial charge in [0.2, 0.25) is 5.91 Å². The van der Waals surface area contributed by atoms with Crippen molar-refractivity contribution in [2.24, 2.45) is 0 Å². The lowest BCUT2D eigenvalue weighted by molar-refractivity contribution is -0.120. The van der Waals surface area contributed by atoms with Gasteiger partial charge in [-0.15, -0.1) is 5.10 Å².